The van der Waals surface area contributed by atoms with Gasteiger partial charge in [0, 0.05) is 62.8 Å². The van der Waals surface area contributed by atoms with Crippen LogP contribution in [0.2, 0.25) is 0 Å². The molecule has 0 N–H and O–H groups in total. The summed E-state index contributed by atoms with van der Waals surface area (Å²) in [5.41, 5.74) is 0. The van der Waals surface area contributed by atoms with E-state index in [-0.39, 0.29) is 136 Å². The van der Waals surface area contributed by atoms with Crippen LogP contribution in [0.3, 0.4) is 0 Å². The van der Waals surface area contributed by atoms with Gasteiger partial charge in [-0.15, -0.1) is 0 Å². The molecule has 0 fully saturated rings. The molecule has 0 saturated carbocycles. The molecule has 0 aromatic carbocycles. The van der Waals surface area contributed by atoms with Crippen molar-refractivity contribution in [1.82, 2.24) is 0 Å². The van der Waals surface area contributed by atoms with Crippen LogP contribution in [-0.4, -0.2) is 72.8 Å². The zero-order valence-electron chi connectivity index (χ0n) is 1.62. The Hall–Kier alpha value is 4.44. The third-order valence-electron chi connectivity index (χ3n) is 0. The third kappa shape index (κ3) is 9.66. The van der Waals surface area contributed by atoms with Gasteiger partial charge in [-0.1, -0.05) is 0 Å². The molecule has 0 aromatic rings. The second-order valence-electron chi connectivity index (χ2n) is 0. The van der Waals surface area contributed by atoms with E-state index in [1.165, 1.54) is 0 Å². The van der Waals surface area contributed by atoms with Crippen LogP contribution in [0.15, 0.2) is 0 Å². The van der Waals surface area contributed by atoms with Crippen molar-refractivity contribution in [2.45, 2.75) is 0 Å². The molecule has 0 aliphatic carbocycles. The molecule has 0 heterocycles. The summed E-state index contributed by atoms with van der Waals surface area (Å²) in [5, 5.41) is 0. The summed E-state index contributed by atoms with van der Waals surface area (Å²) in [6.45, 7) is 0. The van der Waals surface area contributed by atoms with Crippen LogP contribution in [0, 0.1) is 41.7 Å². The van der Waals surface area contributed by atoms with Crippen LogP contribution < -0.4 is 0 Å². The molecular formula is H4BaCeMoSn. The summed E-state index contributed by atoms with van der Waals surface area (Å²) in [6.07, 6.45) is 0. The van der Waals surface area contributed by atoms with Crippen molar-refractivity contribution in [1.29, 1.82) is 0 Å². The van der Waals surface area contributed by atoms with Crippen molar-refractivity contribution >= 4 is 72.8 Å². The third-order valence-corrected chi connectivity index (χ3v) is 0. The Kier molecular flexibility index (Phi) is 92.8. The molecule has 0 saturated heterocycles. The fourth-order valence-electron chi connectivity index (χ4n) is 0. The van der Waals surface area contributed by atoms with Crippen molar-refractivity contribution in [3.8, 4) is 0 Å². The van der Waals surface area contributed by atoms with Gasteiger partial charge in [0.2, 0.25) is 0 Å². The van der Waals surface area contributed by atoms with Gasteiger partial charge in [-0.05, 0) is 0 Å². The van der Waals surface area contributed by atoms with Gasteiger partial charge in [-0.2, -0.15) is 0 Å². The second-order valence-corrected chi connectivity index (χ2v) is 0. The van der Waals surface area contributed by atoms with Crippen molar-refractivity contribution in [2.75, 3.05) is 0 Å². The minimum absolute atomic E-state index is 0. The molecule has 0 atom stereocenters. The van der Waals surface area contributed by atoms with E-state index >= 15 is 0 Å². The van der Waals surface area contributed by atoms with Crippen LogP contribution in [0.5, 0.6) is 0 Å². The molecule has 4 heavy (non-hydrogen) atoms. The Morgan fingerprint density at radius 2 is 1.00 bits per heavy atom. The quantitative estimate of drug-likeness (QED) is 0.347. The first kappa shape index (κ1) is 23.7. The van der Waals surface area contributed by atoms with Crippen molar-refractivity contribution < 1.29 is 62.8 Å². The van der Waals surface area contributed by atoms with E-state index < -0.39 is 0 Å². The van der Waals surface area contributed by atoms with Crippen molar-refractivity contribution in [3.05, 3.63) is 0 Å². The Morgan fingerprint density at radius 3 is 1.00 bits per heavy atom. The maximum atomic E-state index is 0. The van der Waals surface area contributed by atoms with Crippen LogP contribution in [0.4, 0.5) is 0 Å². The molecule has 4 heteroatoms. The molecule has 0 aliphatic heterocycles. The van der Waals surface area contributed by atoms with Crippen LogP contribution >= 0.6 is 0 Å². The van der Waals surface area contributed by atoms with Gasteiger partial charge in [0.05, 0.1) is 0 Å². The maximum absolute atomic E-state index is 0. The van der Waals surface area contributed by atoms with E-state index in [4.69, 9.17) is 0 Å². The van der Waals surface area contributed by atoms with Gasteiger partial charge in [0.1, 0.15) is 0 Å². The van der Waals surface area contributed by atoms with Gasteiger partial charge in [-0.3, -0.25) is 0 Å². The summed E-state index contributed by atoms with van der Waals surface area (Å²) in [5.74, 6) is 0. The van der Waals surface area contributed by atoms with Crippen LogP contribution in [-0.2, 0) is 21.1 Å². The Balaban J connectivity index is 0. The molecule has 0 bridgehead atoms. The monoisotopic (exact) mass is 500 g/mol. The first-order valence-electron chi connectivity index (χ1n) is 0. The number of hydrogen-bond donors (Lipinski definition) is 0. The van der Waals surface area contributed by atoms with E-state index in [1.54, 1.807) is 0 Å². The molecule has 2 radical (unpaired) electrons. The first-order chi connectivity index (χ1) is 0. The summed E-state index contributed by atoms with van der Waals surface area (Å²) in [7, 11) is 0. The van der Waals surface area contributed by atoms with E-state index in [1.807, 2.05) is 0 Å². The van der Waals surface area contributed by atoms with E-state index in [0.29, 0.717) is 0 Å². The van der Waals surface area contributed by atoms with E-state index in [9.17, 15) is 0 Å². The van der Waals surface area contributed by atoms with E-state index in [0.717, 1.165) is 0 Å². The summed E-state index contributed by atoms with van der Waals surface area (Å²) >= 11 is 0. The zero-order chi connectivity index (χ0) is 0. The van der Waals surface area contributed by atoms with Gasteiger partial charge >= 0.3 is 72.8 Å². The van der Waals surface area contributed by atoms with Crippen molar-refractivity contribution in [2.24, 2.45) is 0 Å². The Morgan fingerprint density at radius 1 is 1.00 bits per heavy atom. The zero-order valence-corrected chi connectivity index (χ0v) is 10.8. The molecule has 0 unspecified atom stereocenters. The van der Waals surface area contributed by atoms with Gasteiger partial charge in [0.25, 0.3) is 0 Å². The first-order valence-corrected chi connectivity index (χ1v) is 0. The summed E-state index contributed by atoms with van der Waals surface area (Å²) < 4.78 is 0. The topological polar surface area (TPSA) is 0 Å². The average Bonchev–Trinajstić information content (AvgIpc) is 0. The average molecular weight is 496 g/mol. The fraction of sp³-hybridized carbons (Fsp3) is 0. The predicted octanol–water partition coefficient (Wildman–Crippen LogP) is -1.83. The molecule has 0 rings (SSSR count). The Bertz CT molecular complexity index is 8.00. The van der Waals surface area contributed by atoms with Crippen LogP contribution in [0.25, 0.3) is 0 Å². The van der Waals surface area contributed by atoms with E-state index in [2.05, 4.69) is 0 Å². The van der Waals surface area contributed by atoms with Crippen molar-refractivity contribution in [3.63, 3.8) is 0 Å². The molecule has 20 valence electrons. The molecular weight excluding hydrogens is 492 g/mol. The molecule has 0 nitrogen and oxygen atoms in total. The Labute approximate surface area is 131 Å². The normalized spacial score (nSPS) is 0. The molecule has 0 aromatic heterocycles. The summed E-state index contributed by atoms with van der Waals surface area (Å²) in [6, 6.07) is 0. The standard InChI is InChI=1S/Ba.Ce.Mo.Sn.4H. The molecule has 0 amide bonds. The molecule has 0 spiro atoms. The second kappa shape index (κ2) is 15.7. The van der Waals surface area contributed by atoms with Crippen LogP contribution in [0.1, 0.15) is 0 Å². The number of rotatable bonds is 0. The summed E-state index contributed by atoms with van der Waals surface area (Å²) in [4.78, 5) is 0. The molecule has 0 aliphatic rings. The van der Waals surface area contributed by atoms with Gasteiger partial charge in [0.15, 0.2) is 0 Å². The van der Waals surface area contributed by atoms with Gasteiger partial charge in [-0.25, -0.2) is 0 Å². The SMILES string of the molecule is [BaH2].[Ce].[Mo].[SnH2]. The fourth-order valence-corrected chi connectivity index (χ4v) is 0. The number of hydrogen-bond acceptors (Lipinski definition) is 0. The predicted molar refractivity (Wildman–Crippen MR) is 17.1 cm³/mol. The van der Waals surface area contributed by atoms with Gasteiger partial charge < -0.3 is 0 Å². The minimum atomic E-state index is 0.